The molecule has 2 nitrogen and oxygen atoms in total. The van der Waals surface area contributed by atoms with Crippen LogP contribution in [0.4, 0.5) is 0 Å². The molecule has 0 N–H and O–H groups in total. The molecule has 0 fully saturated rings. The lowest BCUT2D eigenvalue weighted by Gasteiger charge is -2.19. The summed E-state index contributed by atoms with van der Waals surface area (Å²) in [5, 5.41) is 12.5. The van der Waals surface area contributed by atoms with E-state index in [1.54, 1.807) is 0 Å². The Kier molecular flexibility index (Phi) is 7.64. The zero-order valence-electron chi connectivity index (χ0n) is 33.8. The molecule has 0 aliphatic heterocycles. The molecule has 288 valence electrons. The van der Waals surface area contributed by atoms with Crippen LogP contribution in [0.25, 0.3) is 121 Å². The zero-order valence-corrected chi connectivity index (χ0v) is 33.8. The minimum atomic E-state index is 1.16. The van der Waals surface area contributed by atoms with E-state index in [0.29, 0.717) is 0 Å². The maximum absolute atomic E-state index is 2.49. The first-order chi connectivity index (χ1) is 30.8. The number of nitrogens with zero attached hydrogens (tertiary/aromatic N) is 2. The normalized spacial score (nSPS) is 11.9. The first-order valence-electron chi connectivity index (χ1n) is 21.4. The summed E-state index contributed by atoms with van der Waals surface area (Å²) in [7, 11) is 0. The van der Waals surface area contributed by atoms with Crippen LogP contribution in [0.15, 0.2) is 231 Å². The lowest BCUT2D eigenvalue weighted by molar-refractivity contribution is 1.18. The van der Waals surface area contributed by atoms with E-state index >= 15 is 0 Å². The van der Waals surface area contributed by atoms with Gasteiger partial charge in [-0.05, 0) is 120 Å². The maximum Gasteiger partial charge on any atom is 0.0547 e. The number of rotatable bonds is 5. The summed E-state index contributed by atoms with van der Waals surface area (Å²) in [6, 6.07) is 84.9. The molecular formula is C60H38N2. The predicted molar refractivity (Wildman–Crippen MR) is 264 cm³/mol. The molecule has 0 atom stereocenters. The SMILES string of the molecule is c1ccc(-n2c3ccccc3c3c(-c4cccc5c(-c6cccc7ccccc67)c6cccc(-c7cccc8c7c7ccccc7n8-c7ccccc7)c6cc45)cccc32)cc1. The zero-order chi connectivity index (χ0) is 40.7. The summed E-state index contributed by atoms with van der Waals surface area (Å²) in [5.74, 6) is 0. The summed E-state index contributed by atoms with van der Waals surface area (Å²) in [6.07, 6.45) is 0. The minimum Gasteiger partial charge on any atom is -0.309 e. The Hall–Kier alpha value is -8.20. The first kappa shape index (κ1) is 34.6. The number of hydrogen-bond acceptors (Lipinski definition) is 0. The molecule has 2 heterocycles. The van der Waals surface area contributed by atoms with Crippen LogP contribution in [0.3, 0.4) is 0 Å². The average molecular weight is 787 g/mol. The van der Waals surface area contributed by atoms with Gasteiger partial charge in [0.1, 0.15) is 0 Å². The second-order valence-electron chi connectivity index (χ2n) is 16.4. The van der Waals surface area contributed by atoms with Crippen LogP contribution in [0.1, 0.15) is 0 Å². The number of fused-ring (bicyclic) bond motifs is 9. The minimum absolute atomic E-state index is 1.16. The second-order valence-corrected chi connectivity index (χ2v) is 16.4. The maximum atomic E-state index is 2.49. The lowest BCUT2D eigenvalue weighted by atomic mass is 9.84. The molecule has 0 bridgehead atoms. The number of hydrogen-bond donors (Lipinski definition) is 0. The van der Waals surface area contributed by atoms with Gasteiger partial charge in [-0.15, -0.1) is 0 Å². The highest BCUT2D eigenvalue weighted by atomic mass is 15.0. The van der Waals surface area contributed by atoms with E-state index in [4.69, 9.17) is 0 Å². The topological polar surface area (TPSA) is 9.86 Å². The second kappa shape index (κ2) is 13.7. The van der Waals surface area contributed by atoms with Gasteiger partial charge in [0.2, 0.25) is 0 Å². The van der Waals surface area contributed by atoms with Gasteiger partial charge in [-0.2, -0.15) is 0 Å². The van der Waals surface area contributed by atoms with E-state index < -0.39 is 0 Å². The van der Waals surface area contributed by atoms with Crippen molar-refractivity contribution in [2.24, 2.45) is 0 Å². The molecule has 0 aliphatic carbocycles. The fraction of sp³-hybridized carbons (Fsp3) is 0. The molecule has 13 aromatic rings. The Balaban J connectivity index is 1.17. The number of aromatic nitrogens is 2. The molecule has 0 radical (unpaired) electrons. The summed E-state index contributed by atoms with van der Waals surface area (Å²) in [6.45, 7) is 0. The van der Waals surface area contributed by atoms with Gasteiger partial charge in [0.25, 0.3) is 0 Å². The molecule has 0 amide bonds. The van der Waals surface area contributed by atoms with Gasteiger partial charge in [-0.3, -0.25) is 0 Å². The lowest BCUT2D eigenvalue weighted by Crippen LogP contribution is -1.94. The van der Waals surface area contributed by atoms with E-state index in [0.717, 1.165) is 11.4 Å². The van der Waals surface area contributed by atoms with Crippen LogP contribution in [-0.4, -0.2) is 9.13 Å². The summed E-state index contributed by atoms with van der Waals surface area (Å²) >= 11 is 0. The van der Waals surface area contributed by atoms with Gasteiger partial charge in [0.05, 0.1) is 22.1 Å². The van der Waals surface area contributed by atoms with Crippen molar-refractivity contribution < 1.29 is 0 Å². The van der Waals surface area contributed by atoms with E-state index in [1.165, 1.54) is 109 Å². The van der Waals surface area contributed by atoms with Gasteiger partial charge in [-0.1, -0.05) is 176 Å². The fourth-order valence-electron chi connectivity index (χ4n) is 10.6. The van der Waals surface area contributed by atoms with Crippen LogP contribution in [0.2, 0.25) is 0 Å². The molecule has 2 aromatic heterocycles. The van der Waals surface area contributed by atoms with Crippen LogP contribution >= 0.6 is 0 Å². The third kappa shape index (κ3) is 5.04. The number of para-hydroxylation sites is 4. The molecular weight excluding hydrogens is 749 g/mol. The van der Waals surface area contributed by atoms with Crippen molar-refractivity contribution in [3.63, 3.8) is 0 Å². The van der Waals surface area contributed by atoms with E-state index in [1.807, 2.05) is 0 Å². The molecule has 2 heteroatoms. The molecule has 0 saturated heterocycles. The number of benzene rings is 11. The van der Waals surface area contributed by atoms with Gasteiger partial charge >= 0.3 is 0 Å². The van der Waals surface area contributed by atoms with Gasteiger partial charge in [0.15, 0.2) is 0 Å². The average Bonchev–Trinajstić information content (AvgIpc) is 3.87. The van der Waals surface area contributed by atoms with E-state index in [2.05, 4.69) is 240 Å². The van der Waals surface area contributed by atoms with Crippen molar-refractivity contribution in [2.45, 2.75) is 0 Å². The van der Waals surface area contributed by atoms with Crippen molar-refractivity contribution in [1.82, 2.24) is 9.13 Å². The van der Waals surface area contributed by atoms with Gasteiger partial charge in [-0.25, -0.2) is 0 Å². The smallest absolute Gasteiger partial charge is 0.0547 e. The molecule has 11 aromatic carbocycles. The molecule has 0 saturated carbocycles. The van der Waals surface area contributed by atoms with Crippen LogP contribution in [0, 0.1) is 0 Å². The third-order valence-electron chi connectivity index (χ3n) is 13.1. The van der Waals surface area contributed by atoms with Crippen molar-refractivity contribution in [3.05, 3.63) is 231 Å². The fourth-order valence-corrected chi connectivity index (χ4v) is 10.6. The molecule has 0 unspecified atom stereocenters. The van der Waals surface area contributed by atoms with Crippen molar-refractivity contribution in [2.75, 3.05) is 0 Å². The summed E-state index contributed by atoms with van der Waals surface area (Å²) < 4.78 is 4.84. The Labute approximate surface area is 358 Å². The van der Waals surface area contributed by atoms with Gasteiger partial charge in [0, 0.05) is 32.9 Å². The monoisotopic (exact) mass is 786 g/mol. The van der Waals surface area contributed by atoms with E-state index in [-0.39, 0.29) is 0 Å². The van der Waals surface area contributed by atoms with Crippen molar-refractivity contribution in [1.29, 1.82) is 0 Å². The Morgan fingerprint density at radius 2 is 0.597 bits per heavy atom. The Morgan fingerprint density at radius 1 is 0.226 bits per heavy atom. The highest BCUT2D eigenvalue weighted by Crippen LogP contribution is 2.48. The summed E-state index contributed by atoms with van der Waals surface area (Å²) in [4.78, 5) is 0. The van der Waals surface area contributed by atoms with Crippen molar-refractivity contribution >= 4 is 75.9 Å². The van der Waals surface area contributed by atoms with E-state index in [9.17, 15) is 0 Å². The predicted octanol–water partition coefficient (Wildman–Crippen LogP) is 16.3. The van der Waals surface area contributed by atoms with Crippen LogP contribution < -0.4 is 0 Å². The standard InChI is InChI=1S/C60H38N2/c1-3-20-40(21-4-1)61-54-34-11-9-25-50(54)59-46(32-16-36-56(59)61)43-27-14-30-48-52(43)38-53-44(28-15-31-49(53)58(48)45-29-13-19-39-18-7-8-24-42(39)45)47-33-17-37-57-60(47)51-26-10-12-35-55(51)62(57)41-22-5-2-6-23-41/h1-38H. The Morgan fingerprint density at radius 3 is 1.15 bits per heavy atom. The molecule has 0 spiro atoms. The Bertz CT molecular complexity index is 3690. The van der Waals surface area contributed by atoms with Crippen LogP contribution in [-0.2, 0) is 0 Å². The molecule has 0 aliphatic rings. The van der Waals surface area contributed by atoms with Crippen molar-refractivity contribution in [3.8, 4) is 44.8 Å². The van der Waals surface area contributed by atoms with Gasteiger partial charge < -0.3 is 9.13 Å². The molecule has 13 rings (SSSR count). The third-order valence-corrected chi connectivity index (χ3v) is 13.1. The largest absolute Gasteiger partial charge is 0.309 e. The molecule has 62 heavy (non-hydrogen) atoms. The first-order valence-corrected chi connectivity index (χ1v) is 21.4. The van der Waals surface area contributed by atoms with Crippen LogP contribution in [0.5, 0.6) is 0 Å². The summed E-state index contributed by atoms with van der Waals surface area (Å²) in [5.41, 5.74) is 14.5. The highest BCUT2D eigenvalue weighted by Gasteiger charge is 2.22. The quantitative estimate of drug-likeness (QED) is 0.154. The highest BCUT2D eigenvalue weighted by molar-refractivity contribution is 6.26.